The Hall–Kier alpha value is -2.24. The average Bonchev–Trinajstić information content (AvgIpc) is 2.79. The molecule has 0 spiro atoms. The Balaban J connectivity index is 1.42. The van der Waals surface area contributed by atoms with Gasteiger partial charge in [-0.25, -0.2) is 4.39 Å². The van der Waals surface area contributed by atoms with Gasteiger partial charge in [-0.3, -0.25) is 4.79 Å². The van der Waals surface area contributed by atoms with Crippen molar-refractivity contribution < 1.29 is 18.7 Å². The molecule has 0 radical (unpaired) electrons. The van der Waals surface area contributed by atoms with E-state index < -0.39 is 0 Å². The molecule has 1 unspecified atom stereocenters. The molecule has 1 aliphatic heterocycles. The summed E-state index contributed by atoms with van der Waals surface area (Å²) in [6.07, 6.45) is 4.70. The fourth-order valence-electron chi connectivity index (χ4n) is 4.22. The Labute approximate surface area is 185 Å². The van der Waals surface area contributed by atoms with Crippen LogP contribution in [0.5, 0.6) is 0 Å². The lowest BCUT2D eigenvalue weighted by Crippen LogP contribution is -2.36. The van der Waals surface area contributed by atoms with Crippen LogP contribution in [-0.2, 0) is 14.3 Å². The number of nitrogens with zero attached hydrogens (tertiary/aromatic N) is 1. The number of likely N-dealkylation sites (tertiary alicyclic amines) is 1. The fourth-order valence-corrected chi connectivity index (χ4v) is 4.22. The molecule has 2 aromatic rings. The van der Waals surface area contributed by atoms with E-state index in [9.17, 15) is 9.18 Å². The number of esters is 1. The smallest absolute Gasteiger partial charge is 0.305 e. The van der Waals surface area contributed by atoms with Crippen LogP contribution in [0.1, 0.15) is 56.3 Å². The normalized spacial score (nSPS) is 16.2. The standard InChI is InChI=1S/C26H34FNO3/c1-2-30-25(29)10-6-7-21-15-17-28(18-16-21)19-20-31-26(22-8-4-3-5-9-22)23-11-13-24(27)14-12-23/h3-5,8-9,11-14,21,26H,2,6-7,10,15-20H2,1H3. The summed E-state index contributed by atoms with van der Waals surface area (Å²) >= 11 is 0. The molecule has 1 heterocycles. The zero-order chi connectivity index (χ0) is 21.9. The first kappa shape index (κ1) is 23.4. The van der Waals surface area contributed by atoms with Gasteiger partial charge >= 0.3 is 5.97 Å². The zero-order valence-electron chi connectivity index (χ0n) is 18.5. The van der Waals surface area contributed by atoms with Crippen LogP contribution < -0.4 is 0 Å². The molecule has 0 N–H and O–H groups in total. The largest absolute Gasteiger partial charge is 0.466 e. The highest BCUT2D eigenvalue weighted by Gasteiger charge is 2.20. The van der Waals surface area contributed by atoms with Gasteiger partial charge in [-0.15, -0.1) is 0 Å². The maximum absolute atomic E-state index is 13.4. The van der Waals surface area contributed by atoms with Crippen molar-refractivity contribution in [1.82, 2.24) is 4.90 Å². The van der Waals surface area contributed by atoms with Crippen LogP contribution >= 0.6 is 0 Å². The Morgan fingerprint density at radius 3 is 2.42 bits per heavy atom. The molecule has 0 bridgehead atoms. The minimum absolute atomic E-state index is 0.0776. The van der Waals surface area contributed by atoms with Gasteiger partial charge < -0.3 is 14.4 Å². The van der Waals surface area contributed by atoms with Gasteiger partial charge in [-0.05, 0) is 74.9 Å². The van der Waals surface area contributed by atoms with Crippen molar-refractivity contribution in [2.24, 2.45) is 5.92 Å². The highest BCUT2D eigenvalue weighted by Crippen LogP contribution is 2.27. The molecule has 1 fully saturated rings. The minimum Gasteiger partial charge on any atom is -0.466 e. The van der Waals surface area contributed by atoms with E-state index in [1.54, 1.807) is 12.1 Å². The quantitative estimate of drug-likeness (QED) is 0.452. The third-order valence-electron chi connectivity index (χ3n) is 5.97. The number of benzene rings is 2. The van der Waals surface area contributed by atoms with E-state index in [-0.39, 0.29) is 17.9 Å². The second-order valence-electron chi connectivity index (χ2n) is 8.20. The van der Waals surface area contributed by atoms with Crippen molar-refractivity contribution in [3.63, 3.8) is 0 Å². The molecular formula is C26H34FNO3. The molecule has 4 nitrogen and oxygen atoms in total. The fraction of sp³-hybridized carbons (Fsp3) is 0.500. The first-order chi connectivity index (χ1) is 15.2. The van der Waals surface area contributed by atoms with Gasteiger partial charge in [0.15, 0.2) is 0 Å². The third kappa shape index (κ3) is 7.75. The lowest BCUT2D eigenvalue weighted by Gasteiger charge is -2.32. The summed E-state index contributed by atoms with van der Waals surface area (Å²) in [5.41, 5.74) is 2.04. The molecular weight excluding hydrogens is 393 g/mol. The Morgan fingerprint density at radius 2 is 1.74 bits per heavy atom. The number of hydrogen-bond donors (Lipinski definition) is 0. The molecule has 1 saturated heterocycles. The molecule has 0 amide bonds. The zero-order valence-corrected chi connectivity index (χ0v) is 18.5. The molecule has 31 heavy (non-hydrogen) atoms. The van der Waals surface area contributed by atoms with Crippen molar-refractivity contribution in [2.75, 3.05) is 32.8 Å². The van der Waals surface area contributed by atoms with Gasteiger partial charge in [0.1, 0.15) is 11.9 Å². The third-order valence-corrected chi connectivity index (χ3v) is 5.97. The predicted octanol–water partition coefficient (Wildman–Crippen LogP) is 5.38. The number of carbonyl (C=O) groups is 1. The summed E-state index contributed by atoms with van der Waals surface area (Å²) in [5.74, 6) is 0.384. The molecule has 0 aliphatic carbocycles. The molecule has 1 aliphatic rings. The lowest BCUT2D eigenvalue weighted by molar-refractivity contribution is -0.143. The van der Waals surface area contributed by atoms with Gasteiger partial charge in [0.05, 0.1) is 13.2 Å². The molecule has 2 aromatic carbocycles. The van der Waals surface area contributed by atoms with E-state index in [2.05, 4.69) is 17.0 Å². The SMILES string of the molecule is CCOC(=O)CCCC1CCN(CCOC(c2ccccc2)c2ccc(F)cc2)CC1. The summed E-state index contributed by atoms with van der Waals surface area (Å²) < 4.78 is 24.6. The number of hydrogen-bond acceptors (Lipinski definition) is 4. The van der Waals surface area contributed by atoms with Gasteiger partial charge in [-0.1, -0.05) is 42.5 Å². The number of ether oxygens (including phenoxy) is 2. The topological polar surface area (TPSA) is 38.8 Å². The van der Waals surface area contributed by atoms with Gasteiger partial charge in [-0.2, -0.15) is 0 Å². The highest BCUT2D eigenvalue weighted by molar-refractivity contribution is 5.69. The summed E-state index contributed by atoms with van der Waals surface area (Å²) in [6.45, 7) is 5.97. The summed E-state index contributed by atoms with van der Waals surface area (Å²) in [7, 11) is 0. The second-order valence-corrected chi connectivity index (χ2v) is 8.20. The Morgan fingerprint density at radius 1 is 1.06 bits per heavy atom. The summed E-state index contributed by atoms with van der Waals surface area (Å²) in [6, 6.07) is 16.7. The minimum atomic E-state index is -0.235. The van der Waals surface area contributed by atoms with Crippen LogP contribution in [0.2, 0.25) is 0 Å². The van der Waals surface area contributed by atoms with Gasteiger partial charge in [0, 0.05) is 13.0 Å². The molecule has 0 aromatic heterocycles. The van der Waals surface area contributed by atoms with Crippen LogP contribution in [0.15, 0.2) is 54.6 Å². The highest BCUT2D eigenvalue weighted by atomic mass is 19.1. The van der Waals surface area contributed by atoms with Crippen molar-refractivity contribution in [3.8, 4) is 0 Å². The predicted molar refractivity (Wildman–Crippen MR) is 120 cm³/mol. The number of halogens is 1. The van der Waals surface area contributed by atoms with Crippen LogP contribution in [-0.4, -0.2) is 43.7 Å². The molecule has 5 heteroatoms. The van der Waals surface area contributed by atoms with Crippen molar-refractivity contribution in [2.45, 2.75) is 45.1 Å². The van der Waals surface area contributed by atoms with Gasteiger partial charge in [0.25, 0.3) is 0 Å². The first-order valence-electron chi connectivity index (χ1n) is 11.5. The average molecular weight is 428 g/mol. The summed E-state index contributed by atoms with van der Waals surface area (Å²) in [5, 5.41) is 0. The van der Waals surface area contributed by atoms with E-state index >= 15 is 0 Å². The van der Waals surface area contributed by atoms with E-state index in [0.717, 1.165) is 43.6 Å². The molecule has 3 rings (SSSR count). The number of piperidine rings is 1. The van der Waals surface area contributed by atoms with E-state index in [1.165, 1.54) is 25.0 Å². The number of rotatable bonds is 11. The molecule has 1 atom stereocenters. The maximum atomic E-state index is 13.4. The monoisotopic (exact) mass is 427 g/mol. The summed E-state index contributed by atoms with van der Waals surface area (Å²) in [4.78, 5) is 13.9. The van der Waals surface area contributed by atoms with Crippen LogP contribution in [0, 0.1) is 11.7 Å². The van der Waals surface area contributed by atoms with Crippen molar-refractivity contribution >= 4 is 5.97 Å². The van der Waals surface area contributed by atoms with Crippen molar-refractivity contribution in [3.05, 3.63) is 71.5 Å². The maximum Gasteiger partial charge on any atom is 0.305 e. The number of carbonyl (C=O) groups excluding carboxylic acids is 1. The van der Waals surface area contributed by atoms with E-state index in [0.29, 0.717) is 25.6 Å². The second kappa shape index (κ2) is 12.6. The molecule has 168 valence electrons. The molecule has 0 saturated carbocycles. The van der Waals surface area contributed by atoms with E-state index in [1.807, 2.05) is 25.1 Å². The Bertz CT molecular complexity index is 773. The van der Waals surface area contributed by atoms with Crippen LogP contribution in [0.3, 0.4) is 0 Å². The van der Waals surface area contributed by atoms with Gasteiger partial charge in [0.2, 0.25) is 0 Å². The van der Waals surface area contributed by atoms with Crippen molar-refractivity contribution in [1.29, 1.82) is 0 Å². The lowest BCUT2D eigenvalue weighted by atomic mass is 9.91. The Kier molecular flexibility index (Phi) is 9.50. The van der Waals surface area contributed by atoms with Crippen LogP contribution in [0.4, 0.5) is 4.39 Å². The first-order valence-corrected chi connectivity index (χ1v) is 11.5. The van der Waals surface area contributed by atoms with Crippen LogP contribution in [0.25, 0.3) is 0 Å². The van der Waals surface area contributed by atoms with E-state index in [4.69, 9.17) is 9.47 Å².